The number of likely N-dealkylation sites (N-methyl/N-ethyl adjacent to an activating group) is 1. The van der Waals surface area contributed by atoms with E-state index in [1.165, 1.54) is 12.2 Å². The molecule has 4 nitrogen and oxygen atoms in total. The van der Waals surface area contributed by atoms with Gasteiger partial charge in [0.05, 0.1) is 6.61 Å². The van der Waals surface area contributed by atoms with Crippen molar-refractivity contribution in [3.05, 3.63) is 18.2 Å². The van der Waals surface area contributed by atoms with Crippen LogP contribution in [-0.4, -0.2) is 35.4 Å². The number of aryl methyl sites for hydroxylation is 1. The lowest BCUT2D eigenvalue weighted by Gasteiger charge is -2.23. The highest BCUT2D eigenvalue weighted by molar-refractivity contribution is 4.97. The van der Waals surface area contributed by atoms with Crippen LogP contribution in [0.2, 0.25) is 0 Å². The van der Waals surface area contributed by atoms with Crippen molar-refractivity contribution in [1.82, 2.24) is 14.9 Å². The van der Waals surface area contributed by atoms with Crippen LogP contribution < -0.4 is 5.32 Å². The molecule has 2 atom stereocenters. The van der Waals surface area contributed by atoms with E-state index in [0.29, 0.717) is 12.0 Å². The summed E-state index contributed by atoms with van der Waals surface area (Å²) < 4.78 is 7.72. The Hall–Kier alpha value is -0.870. The summed E-state index contributed by atoms with van der Waals surface area (Å²) in [7, 11) is 0. The van der Waals surface area contributed by atoms with Crippen LogP contribution in [0.3, 0.4) is 0 Å². The molecule has 17 heavy (non-hydrogen) atoms. The van der Waals surface area contributed by atoms with Crippen molar-refractivity contribution >= 4 is 0 Å². The minimum atomic E-state index is 0.496. The maximum atomic E-state index is 5.49. The number of aromatic nitrogens is 2. The monoisotopic (exact) mass is 237 g/mol. The van der Waals surface area contributed by atoms with Crippen LogP contribution in [-0.2, 0) is 17.7 Å². The molecule has 1 fully saturated rings. The lowest BCUT2D eigenvalue weighted by molar-refractivity contribution is 0.176. The number of rotatable bonds is 6. The predicted molar refractivity (Wildman–Crippen MR) is 68.0 cm³/mol. The van der Waals surface area contributed by atoms with Gasteiger partial charge < -0.3 is 14.6 Å². The quantitative estimate of drug-likeness (QED) is 0.814. The van der Waals surface area contributed by atoms with Gasteiger partial charge in [0.2, 0.25) is 0 Å². The van der Waals surface area contributed by atoms with Crippen LogP contribution in [0.15, 0.2) is 12.4 Å². The molecule has 0 saturated carbocycles. The lowest BCUT2D eigenvalue weighted by Crippen LogP contribution is -2.39. The lowest BCUT2D eigenvalue weighted by atomic mass is 9.96. The largest absolute Gasteiger partial charge is 0.381 e. The Morgan fingerprint density at radius 3 is 3.12 bits per heavy atom. The van der Waals surface area contributed by atoms with Gasteiger partial charge in [-0.05, 0) is 19.9 Å². The van der Waals surface area contributed by atoms with Gasteiger partial charge in [0.25, 0.3) is 0 Å². The van der Waals surface area contributed by atoms with Crippen molar-refractivity contribution in [2.24, 2.45) is 5.92 Å². The van der Waals surface area contributed by atoms with Crippen LogP contribution in [0.4, 0.5) is 0 Å². The normalized spacial score (nSPS) is 21.9. The van der Waals surface area contributed by atoms with Crippen molar-refractivity contribution in [2.75, 3.05) is 19.8 Å². The summed E-state index contributed by atoms with van der Waals surface area (Å²) in [4.78, 5) is 4.46. The molecule has 4 heteroatoms. The summed E-state index contributed by atoms with van der Waals surface area (Å²) in [6.07, 6.45) is 6.13. The molecule has 1 N–H and O–H groups in total. The maximum Gasteiger partial charge on any atom is 0.110 e. The van der Waals surface area contributed by atoms with Crippen molar-refractivity contribution in [3.63, 3.8) is 0 Å². The van der Waals surface area contributed by atoms with E-state index in [1.54, 1.807) is 0 Å². The molecule has 0 amide bonds. The molecule has 0 spiro atoms. The first-order chi connectivity index (χ1) is 8.35. The summed E-state index contributed by atoms with van der Waals surface area (Å²) >= 11 is 0. The van der Waals surface area contributed by atoms with E-state index in [2.05, 4.69) is 34.9 Å². The zero-order valence-electron chi connectivity index (χ0n) is 10.9. The summed E-state index contributed by atoms with van der Waals surface area (Å²) in [5, 5.41) is 3.58. The van der Waals surface area contributed by atoms with E-state index in [-0.39, 0.29) is 0 Å². The first kappa shape index (κ1) is 12.6. The molecule has 1 aromatic heterocycles. The summed E-state index contributed by atoms with van der Waals surface area (Å²) in [6.45, 7) is 8.13. The van der Waals surface area contributed by atoms with E-state index < -0.39 is 0 Å². The van der Waals surface area contributed by atoms with E-state index >= 15 is 0 Å². The number of hydrogen-bond acceptors (Lipinski definition) is 3. The third-order valence-corrected chi connectivity index (χ3v) is 3.55. The molecule has 1 aliphatic rings. The van der Waals surface area contributed by atoms with Gasteiger partial charge in [0.15, 0.2) is 0 Å². The first-order valence-corrected chi connectivity index (χ1v) is 6.66. The van der Waals surface area contributed by atoms with E-state index in [9.17, 15) is 0 Å². The minimum Gasteiger partial charge on any atom is -0.381 e. The fraction of sp³-hybridized carbons (Fsp3) is 0.769. The summed E-state index contributed by atoms with van der Waals surface area (Å²) in [5.41, 5.74) is 0. The maximum absolute atomic E-state index is 5.49. The van der Waals surface area contributed by atoms with Gasteiger partial charge in [-0.15, -0.1) is 0 Å². The second kappa shape index (κ2) is 6.17. The number of nitrogens with one attached hydrogen (secondary N) is 1. The van der Waals surface area contributed by atoms with Crippen LogP contribution in [0.1, 0.15) is 26.1 Å². The number of hydrogen-bond donors (Lipinski definition) is 1. The van der Waals surface area contributed by atoms with Gasteiger partial charge >= 0.3 is 0 Å². The summed E-state index contributed by atoms with van der Waals surface area (Å²) in [6, 6.07) is 0.496. The van der Waals surface area contributed by atoms with Gasteiger partial charge in [0.1, 0.15) is 5.82 Å². The van der Waals surface area contributed by atoms with Gasteiger partial charge in [-0.3, -0.25) is 0 Å². The number of nitrogens with zero attached hydrogens (tertiary/aromatic N) is 2. The van der Waals surface area contributed by atoms with Crippen LogP contribution in [0, 0.1) is 5.92 Å². The highest BCUT2D eigenvalue weighted by Crippen LogP contribution is 2.19. The molecule has 2 rings (SSSR count). The Morgan fingerprint density at radius 1 is 1.59 bits per heavy atom. The number of imidazole rings is 1. The SMILES string of the molecule is CCNC(Cc1nccn1CC)C1CCOC1. The van der Waals surface area contributed by atoms with E-state index in [4.69, 9.17) is 4.74 Å². The average molecular weight is 237 g/mol. The molecule has 0 aromatic carbocycles. The Kier molecular flexibility index (Phi) is 4.57. The van der Waals surface area contributed by atoms with E-state index in [1.807, 2.05) is 6.20 Å². The second-order valence-electron chi connectivity index (χ2n) is 4.62. The molecule has 1 saturated heterocycles. The molecular formula is C13H23N3O. The van der Waals surface area contributed by atoms with Crippen molar-refractivity contribution < 1.29 is 4.74 Å². The topological polar surface area (TPSA) is 39.1 Å². The smallest absolute Gasteiger partial charge is 0.110 e. The fourth-order valence-corrected chi connectivity index (χ4v) is 2.55. The molecule has 96 valence electrons. The molecule has 1 aromatic rings. The Bertz CT molecular complexity index is 331. The highest BCUT2D eigenvalue weighted by Gasteiger charge is 2.26. The Morgan fingerprint density at radius 2 is 2.47 bits per heavy atom. The summed E-state index contributed by atoms with van der Waals surface area (Å²) in [5.74, 6) is 1.82. The fourth-order valence-electron chi connectivity index (χ4n) is 2.55. The third-order valence-electron chi connectivity index (χ3n) is 3.55. The van der Waals surface area contributed by atoms with E-state index in [0.717, 1.165) is 32.7 Å². The van der Waals surface area contributed by atoms with Crippen molar-refractivity contribution in [1.29, 1.82) is 0 Å². The standard InChI is InChI=1S/C13H23N3O/c1-3-14-12(11-5-8-17-10-11)9-13-15-6-7-16(13)4-2/h6-7,11-12,14H,3-5,8-10H2,1-2H3. The zero-order chi connectivity index (χ0) is 12.1. The molecule has 0 aliphatic carbocycles. The zero-order valence-corrected chi connectivity index (χ0v) is 10.9. The number of ether oxygens (including phenoxy) is 1. The molecule has 0 radical (unpaired) electrons. The van der Waals surface area contributed by atoms with Gasteiger partial charge in [-0.25, -0.2) is 4.98 Å². The third kappa shape index (κ3) is 3.07. The van der Waals surface area contributed by atoms with Crippen molar-refractivity contribution in [2.45, 2.75) is 39.3 Å². The highest BCUT2D eigenvalue weighted by atomic mass is 16.5. The molecule has 1 aliphatic heterocycles. The second-order valence-corrected chi connectivity index (χ2v) is 4.62. The van der Waals surface area contributed by atoms with Gasteiger partial charge in [-0.2, -0.15) is 0 Å². The van der Waals surface area contributed by atoms with Crippen LogP contribution in [0.5, 0.6) is 0 Å². The first-order valence-electron chi connectivity index (χ1n) is 6.66. The van der Waals surface area contributed by atoms with Crippen LogP contribution in [0.25, 0.3) is 0 Å². The molecule has 0 bridgehead atoms. The molecular weight excluding hydrogens is 214 g/mol. The van der Waals surface area contributed by atoms with Gasteiger partial charge in [-0.1, -0.05) is 6.92 Å². The van der Waals surface area contributed by atoms with Gasteiger partial charge in [0, 0.05) is 43.9 Å². The Balaban J connectivity index is 2.01. The Labute approximate surface area is 103 Å². The average Bonchev–Trinajstić information content (AvgIpc) is 2.99. The van der Waals surface area contributed by atoms with Crippen LogP contribution >= 0.6 is 0 Å². The predicted octanol–water partition coefficient (Wildman–Crippen LogP) is 1.46. The molecule has 2 heterocycles. The minimum absolute atomic E-state index is 0.496. The molecule has 2 unspecified atom stereocenters. The van der Waals surface area contributed by atoms with Crippen molar-refractivity contribution in [3.8, 4) is 0 Å².